The summed E-state index contributed by atoms with van der Waals surface area (Å²) in [4.78, 5) is 14.4. The molecule has 1 heterocycles. The molecule has 2 rings (SSSR count). The maximum Gasteiger partial charge on any atom is 0.244 e. The van der Waals surface area contributed by atoms with E-state index in [1.165, 1.54) is 0 Å². The largest absolute Gasteiger partial charge is 0.356 e. The second-order valence-corrected chi connectivity index (χ2v) is 5.41. The minimum atomic E-state index is -0.197. The van der Waals surface area contributed by atoms with Gasteiger partial charge in [-0.3, -0.25) is 4.79 Å². The molecule has 1 atom stereocenters. The molecule has 98 valence electrons. The lowest BCUT2D eigenvalue weighted by molar-refractivity contribution is -0.125. The lowest BCUT2D eigenvalue weighted by Gasteiger charge is -2.44. The molecule has 1 aromatic rings. The molecule has 0 saturated carbocycles. The van der Waals surface area contributed by atoms with Crippen LogP contribution in [-0.4, -0.2) is 37.6 Å². The molecule has 1 aliphatic rings. The number of amides is 1. The summed E-state index contributed by atoms with van der Waals surface area (Å²) in [6, 6.07) is 9.96. The SMILES string of the molecule is CNCC1C(=O)NC(C)(C)CN1c1ccccc1. The van der Waals surface area contributed by atoms with Crippen molar-refractivity contribution in [1.29, 1.82) is 0 Å². The first-order chi connectivity index (χ1) is 8.53. The molecule has 1 fully saturated rings. The van der Waals surface area contributed by atoms with E-state index >= 15 is 0 Å². The number of hydrogen-bond acceptors (Lipinski definition) is 3. The summed E-state index contributed by atoms with van der Waals surface area (Å²) < 4.78 is 0. The maximum absolute atomic E-state index is 12.2. The quantitative estimate of drug-likeness (QED) is 0.837. The Labute approximate surface area is 108 Å². The van der Waals surface area contributed by atoms with Crippen molar-refractivity contribution >= 4 is 11.6 Å². The fourth-order valence-electron chi connectivity index (χ4n) is 2.42. The molecule has 1 unspecified atom stereocenters. The van der Waals surface area contributed by atoms with Crippen LogP contribution in [0, 0.1) is 0 Å². The van der Waals surface area contributed by atoms with Crippen LogP contribution >= 0.6 is 0 Å². The van der Waals surface area contributed by atoms with Gasteiger partial charge < -0.3 is 15.5 Å². The highest BCUT2D eigenvalue weighted by atomic mass is 16.2. The van der Waals surface area contributed by atoms with Crippen LogP contribution in [0.4, 0.5) is 5.69 Å². The Morgan fingerprint density at radius 2 is 2.06 bits per heavy atom. The summed E-state index contributed by atoms with van der Waals surface area (Å²) >= 11 is 0. The van der Waals surface area contributed by atoms with Gasteiger partial charge in [0.2, 0.25) is 5.91 Å². The second kappa shape index (κ2) is 4.98. The zero-order chi connectivity index (χ0) is 13.2. The van der Waals surface area contributed by atoms with Crippen molar-refractivity contribution in [3.05, 3.63) is 30.3 Å². The third-order valence-electron chi connectivity index (χ3n) is 3.19. The molecule has 1 saturated heterocycles. The fraction of sp³-hybridized carbons (Fsp3) is 0.500. The zero-order valence-corrected chi connectivity index (χ0v) is 11.2. The second-order valence-electron chi connectivity index (χ2n) is 5.41. The number of benzene rings is 1. The lowest BCUT2D eigenvalue weighted by Crippen LogP contribution is -2.66. The molecular weight excluding hydrogens is 226 g/mol. The monoisotopic (exact) mass is 247 g/mol. The molecule has 0 bridgehead atoms. The highest BCUT2D eigenvalue weighted by Crippen LogP contribution is 2.23. The molecule has 4 nitrogen and oxygen atoms in total. The van der Waals surface area contributed by atoms with Crippen LogP contribution in [0.15, 0.2) is 30.3 Å². The van der Waals surface area contributed by atoms with Crippen molar-refractivity contribution in [3.63, 3.8) is 0 Å². The summed E-state index contributed by atoms with van der Waals surface area (Å²) in [5.41, 5.74) is 0.901. The van der Waals surface area contributed by atoms with Gasteiger partial charge in [-0.1, -0.05) is 18.2 Å². The van der Waals surface area contributed by atoms with E-state index < -0.39 is 0 Å². The van der Waals surface area contributed by atoms with Gasteiger partial charge in [0.15, 0.2) is 0 Å². The van der Waals surface area contributed by atoms with Crippen LogP contribution in [0.1, 0.15) is 13.8 Å². The van der Waals surface area contributed by atoms with Crippen LogP contribution in [0.2, 0.25) is 0 Å². The summed E-state index contributed by atoms with van der Waals surface area (Å²) in [6.45, 7) is 5.57. The van der Waals surface area contributed by atoms with Crippen molar-refractivity contribution < 1.29 is 4.79 Å². The van der Waals surface area contributed by atoms with Crippen molar-refractivity contribution in [2.75, 3.05) is 25.0 Å². The van der Waals surface area contributed by atoms with Gasteiger partial charge in [-0.2, -0.15) is 0 Å². The number of hydrogen-bond donors (Lipinski definition) is 2. The van der Waals surface area contributed by atoms with Crippen molar-refractivity contribution in [2.45, 2.75) is 25.4 Å². The van der Waals surface area contributed by atoms with E-state index in [1.54, 1.807) is 0 Å². The minimum absolute atomic E-state index is 0.0875. The predicted molar refractivity (Wildman–Crippen MR) is 73.7 cm³/mol. The van der Waals surface area contributed by atoms with E-state index in [0.29, 0.717) is 6.54 Å². The summed E-state index contributed by atoms with van der Waals surface area (Å²) in [5.74, 6) is 0.0875. The Morgan fingerprint density at radius 3 is 2.67 bits per heavy atom. The van der Waals surface area contributed by atoms with Gasteiger partial charge in [0.1, 0.15) is 6.04 Å². The molecule has 18 heavy (non-hydrogen) atoms. The third-order valence-corrected chi connectivity index (χ3v) is 3.19. The Kier molecular flexibility index (Phi) is 3.57. The number of carbonyl (C=O) groups is 1. The van der Waals surface area contributed by atoms with Crippen molar-refractivity contribution in [3.8, 4) is 0 Å². The Balaban J connectivity index is 2.30. The van der Waals surface area contributed by atoms with Crippen molar-refractivity contribution in [2.24, 2.45) is 0 Å². The van der Waals surface area contributed by atoms with Gasteiger partial charge in [-0.05, 0) is 33.0 Å². The van der Waals surface area contributed by atoms with Gasteiger partial charge in [0, 0.05) is 18.8 Å². The van der Waals surface area contributed by atoms with Crippen molar-refractivity contribution in [1.82, 2.24) is 10.6 Å². The molecule has 0 aliphatic carbocycles. The van der Waals surface area contributed by atoms with E-state index in [2.05, 4.69) is 41.5 Å². The van der Waals surface area contributed by atoms with E-state index in [9.17, 15) is 4.79 Å². The first-order valence-electron chi connectivity index (χ1n) is 6.32. The number of nitrogens with zero attached hydrogens (tertiary/aromatic N) is 1. The van der Waals surface area contributed by atoms with E-state index in [1.807, 2.05) is 25.2 Å². The average molecular weight is 247 g/mol. The first kappa shape index (κ1) is 12.9. The van der Waals surface area contributed by atoms with Crippen LogP contribution in [0.25, 0.3) is 0 Å². The van der Waals surface area contributed by atoms with Gasteiger partial charge in [0.05, 0.1) is 5.54 Å². The Hall–Kier alpha value is -1.55. The number of piperazine rings is 1. The highest BCUT2D eigenvalue weighted by Gasteiger charge is 2.37. The molecule has 1 aromatic carbocycles. The van der Waals surface area contributed by atoms with Gasteiger partial charge in [0.25, 0.3) is 0 Å². The van der Waals surface area contributed by atoms with Gasteiger partial charge in [-0.15, -0.1) is 0 Å². The molecule has 2 N–H and O–H groups in total. The minimum Gasteiger partial charge on any atom is -0.356 e. The normalized spacial score (nSPS) is 22.7. The Morgan fingerprint density at radius 1 is 1.39 bits per heavy atom. The molecule has 1 amide bonds. The molecular formula is C14H21N3O. The highest BCUT2D eigenvalue weighted by molar-refractivity contribution is 5.87. The van der Waals surface area contributed by atoms with Crippen LogP contribution in [0.5, 0.6) is 0 Å². The van der Waals surface area contributed by atoms with E-state index in [-0.39, 0.29) is 17.5 Å². The number of nitrogens with one attached hydrogen (secondary N) is 2. The average Bonchev–Trinajstić information content (AvgIpc) is 2.33. The smallest absolute Gasteiger partial charge is 0.244 e. The lowest BCUT2D eigenvalue weighted by atomic mass is 9.97. The fourth-order valence-corrected chi connectivity index (χ4v) is 2.42. The number of carbonyl (C=O) groups excluding carboxylic acids is 1. The summed E-state index contributed by atoms with van der Waals surface area (Å²) in [5, 5.41) is 6.16. The number of rotatable bonds is 3. The Bertz CT molecular complexity index is 416. The van der Waals surface area contributed by atoms with Crippen LogP contribution in [0.3, 0.4) is 0 Å². The number of para-hydroxylation sites is 1. The van der Waals surface area contributed by atoms with Gasteiger partial charge in [-0.25, -0.2) is 0 Å². The summed E-state index contributed by atoms with van der Waals surface area (Å²) in [6.07, 6.45) is 0. The number of likely N-dealkylation sites (N-methyl/N-ethyl adjacent to an activating group) is 1. The predicted octanol–water partition coefficient (Wildman–Crippen LogP) is 0.989. The topological polar surface area (TPSA) is 44.4 Å². The first-order valence-corrected chi connectivity index (χ1v) is 6.32. The van der Waals surface area contributed by atoms with E-state index in [4.69, 9.17) is 0 Å². The zero-order valence-electron chi connectivity index (χ0n) is 11.2. The maximum atomic E-state index is 12.2. The molecule has 0 spiro atoms. The number of anilines is 1. The summed E-state index contributed by atoms with van der Waals surface area (Å²) in [7, 11) is 1.87. The van der Waals surface area contributed by atoms with Crippen LogP contribution in [-0.2, 0) is 4.79 Å². The van der Waals surface area contributed by atoms with E-state index in [0.717, 1.165) is 12.2 Å². The van der Waals surface area contributed by atoms with Crippen LogP contribution < -0.4 is 15.5 Å². The molecule has 4 heteroatoms. The van der Waals surface area contributed by atoms with Gasteiger partial charge >= 0.3 is 0 Å². The molecule has 1 aliphatic heterocycles. The third kappa shape index (κ3) is 2.64. The molecule has 0 radical (unpaired) electrons. The molecule has 0 aromatic heterocycles. The standard InChI is InChI=1S/C14H21N3O/c1-14(2)10-17(11-7-5-4-6-8-11)12(9-15-3)13(18)16-14/h4-8,12,15H,9-10H2,1-3H3,(H,16,18).